The van der Waals surface area contributed by atoms with Gasteiger partial charge in [0.15, 0.2) is 0 Å². The number of aliphatic hydroxyl groups is 1. The fraction of sp³-hybridized carbons (Fsp3) is 0.733. The highest BCUT2D eigenvalue weighted by Crippen LogP contribution is 2.54. The van der Waals surface area contributed by atoms with Crippen molar-refractivity contribution in [1.82, 2.24) is 0 Å². The van der Waals surface area contributed by atoms with Crippen LogP contribution in [0.4, 0.5) is 0 Å². The first-order valence-corrected chi connectivity index (χ1v) is 6.46. The molecule has 1 N–H and O–H groups in total. The number of hydrogen-bond acceptors (Lipinski definition) is 1. The van der Waals surface area contributed by atoms with Crippen LogP contribution in [-0.4, -0.2) is 11.2 Å². The Morgan fingerprint density at radius 2 is 2.12 bits per heavy atom. The molecule has 90 valence electrons. The van der Waals surface area contributed by atoms with Crippen LogP contribution in [0.3, 0.4) is 0 Å². The van der Waals surface area contributed by atoms with Crippen LogP contribution in [0.15, 0.2) is 24.3 Å². The van der Waals surface area contributed by atoms with Crippen molar-refractivity contribution in [1.29, 1.82) is 0 Å². The highest BCUT2D eigenvalue weighted by atomic mass is 16.3. The largest absolute Gasteiger partial charge is 0.393 e. The average Bonchev–Trinajstić information content (AvgIpc) is 2.24. The minimum absolute atomic E-state index is 0.0846. The topological polar surface area (TPSA) is 20.2 Å². The molecule has 2 rings (SSSR count). The third-order valence-corrected chi connectivity index (χ3v) is 5.04. The number of rotatable bonds is 1. The summed E-state index contributed by atoms with van der Waals surface area (Å²) in [6, 6.07) is 0. The molecule has 2 aliphatic carbocycles. The monoisotopic (exact) mass is 220 g/mol. The van der Waals surface area contributed by atoms with Crippen LogP contribution in [0.25, 0.3) is 0 Å². The Hall–Kier alpha value is -0.560. The summed E-state index contributed by atoms with van der Waals surface area (Å²) in [5.74, 6) is 1.15. The second-order valence-electron chi connectivity index (χ2n) is 6.09. The zero-order valence-electron chi connectivity index (χ0n) is 10.6. The third kappa shape index (κ3) is 1.75. The molecular weight excluding hydrogens is 196 g/mol. The number of fused-ring (bicyclic) bond motifs is 1. The zero-order valence-corrected chi connectivity index (χ0v) is 10.6. The zero-order chi connectivity index (χ0) is 11.9. The molecule has 0 amide bonds. The minimum Gasteiger partial charge on any atom is -0.393 e. The second kappa shape index (κ2) is 4.03. The van der Waals surface area contributed by atoms with Crippen LogP contribution >= 0.6 is 0 Å². The molecule has 2 aliphatic rings. The molecule has 4 atom stereocenters. The van der Waals surface area contributed by atoms with Gasteiger partial charge < -0.3 is 5.11 Å². The molecule has 1 nitrogen and oxygen atoms in total. The number of hydrogen-bond donors (Lipinski definition) is 1. The van der Waals surface area contributed by atoms with E-state index < -0.39 is 0 Å². The summed E-state index contributed by atoms with van der Waals surface area (Å²) >= 11 is 0. The summed E-state index contributed by atoms with van der Waals surface area (Å²) < 4.78 is 0. The van der Waals surface area contributed by atoms with Gasteiger partial charge in [-0.3, -0.25) is 0 Å². The van der Waals surface area contributed by atoms with Gasteiger partial charge in [-0.15, -0.1) is 0 Å². The smallest absolute Gasteiger partial charge is 0.0602 e. The predicted molar refractivity (Wildman–Crippen MR) is 68.1 cm³/mol. The third-order valence-electron chi connectivity index (χ3n) is 5.04. The molecule has 0 aromatic carbocycles. The summed E-state index contributed by atoms with van der Waals surface area (Å²) in [5, 5.41) is 10.2. The first-order chi connectivity index (χ1) is 7.45. The van der Waals surface area contributed by atoms with Gasteiger partial charge in [-0.05, 0) is 50.9 Å². The quantitative estimate of drug-likeness (QED) is 0.668. The Morgan fingerprint density at radius 3 is 2.75 bits per heavy atom. The summed E-state index contributed by atoms with van der Waals surface area (Å²) in [6.45, 7) is 12.7. The Balaban J connectivity index is 2.21. The van der Waals surface area contributed by atoms with Gasteiger partial charge in [-0.2, -0.15) is 0 Å². The van der Waals surface area contributed by atoms with E-state index in [1.165, 1.54) is 17.6 Å². The van der Waals surface area contributed by atoms with Gasteiger partial charge in [0, 0.05) is 5.41 Å². The van der Waals surface area contributed by atoms with Crippen molar-refractivity contribution in [2.45, 2.75) is 52.1 Å². The summed E-state index contributed by atoms with van der Waals surface area (Å²) in [4.78, 5) is 0. The molecule has 0 aliphatic heterocycles. The van der Waals surface area contributed by atoms with E-state index in [0.29, 0.717) is 11.8 Å². The van der Waals surface area contributed by atoms with Crippen molar-refractivity contribution >= 4 is 0 Å². The molecule has 0 aromatic rings. The molecule has 0 spiro atoms. The molecule has 2 fully saturated rings. The molecule has 0 bridgehead atoms. The Kier molecular flexibility index (Phi) is 3.00. The van der Waals surface area contributed by atoms with E-state index in [4.69, 9.17) is 0 Å². The highest BCUT2D eigenvalue weighted by molar-refractivity contribution is 5.17. The lowest BCUT2D eigenvalue weighted by molar-refractivity contribution is -0.0505. The fourth-order valence-electron chi connectivity index (χ4n) is 3.64. The fourth-order valence-corrected chi connectivity index (χ4v) is 3.64. The van der Waals surface area contributed by atoms with Gasteiger partial charge in [0.25, 0.3) is 0 Å². The number of allylic oxidation sites excluding steroid dienone is 2. The van der Waals surface area contributed by atoms with Crippen LogP contribution < -0.4 is 0 Å². The molecule has 0 radical (unpaired) electrons. The van der Waals surface area contributed by atoms with Crippen LogP contribution in [0.5, 0.6) is 0 Å². The summed E-state index contributed by atoms with van der Waals surface area (Å²) in [7, 11) is 0. The number of aliphatic hydroxyl groups excluding tert-OH is 1. The lowest BCUT2D eigenvalue weighted by atomic mass is 9.55. The van der Waals surface area contributed by atoms with Crippen molar-refractivity contribution in [3.8, 4) is 0 Å². The van der Waals surface area contributed by atoms with Crippen molar-refractivity contribution in [3.05, 3.63) is 24.3 Å². The average molecular weight is 220 g/mol. The Labute approximate surface area is 99.3 Å². The Morgan fingerprint density at radius 1 is 1.44 bits per heavy atom. The maximum atomic E-state index is 10.2. The van der Waals surface area contributed by atoms with Gasteiger partial charge >= 0.3 is 0 Å². The van der Waals surface area contributed by atoms with Crippen LogP contribution in [-0.2, 0) is 0 Å². The second-order valence-corrected chi connectivity index (χ2v) is 6.09. The van der Waals surface area contributed by atoms with Gasteiger partial charge in [0.05, 0.1) is 6.10 Å². The van der Waals surface area contributed by atoms with Crippen molar-refractivity contribution in [2.75, 3.05) is 0 Å². The van der Waals surface area contributed by atoms with Gasteiger partial charge in [0.2, 0.25) is 0 Å². The first-order valence-electron chi connectivity index (χ1n) is 6.46. The van der Waals surface area contributed by atoms with E-state index in [2.05, 4.69) is 27.0 Å². The highest BCUT2D eigenvalue weighted by Gasteiger charge is 2.48. The lowest BCUT2D eigenvalue weighted by Crippen LogP contribution is -2.47. The minimum atomic E-state index is -0.130. The molecule has 2 saturated carbocycles. The van der Waals surface area contributed by atoms with E-state index in [1.54, 1.807) is 0 Å². The van der Waals surface area contributed by atoms with Crippen molar-refractivity contribution < 1.29 is 5.11 Å². The maximum absolute atomic E-state index is 10.2. The van der Waals surface area contributed by atoms with E-state index in [9.17, 15) is 5.11 Å². The van der Waals surface area contributed by atoms with E-state index >= 15 is 0 Å². The van der Waals surface area contributed by atoms with E-state index in [0.717, 1.165) is 25.7 Å². The normalized spacial score (nSPS) is 43.9. The van der Waals surface area contributed by atoms with Crippen LogP contribution in [0, 0.1) is 17.3 Å². The van der Waals surface area contributed by atoms with Crippen LogP contribution in [0.1, 0.15) is 46.0 Å². The summed E-state index contributed by atoms with van der Waals surface area (Å²) in [5.41, 5.74) is 2.75. The standard InChI is InChI=1S/C15H24O/c1-10(2)12-7-8-15(4)13(9-12)11(3)5-6-14(15)16/h12-14,16H,1,3,5-9H2,2,4H3/t12-,13+,14-,15-/m0/s1. The molecule has 16 heavy (non-hydrogen) atoms. The molecular formula is C15H24O. The molecule has 0 unspecified atom stereocenters. The molecule has 1 heteroatoms. The molecule has 0 saturated heterocycles. The van der Waals surface area contributed by atoms with Crippen LogP contribution in [0.2, 0.25) is 0 Å². The Bertz CT molecular complexity index is 317. The SMILES string of the molecule is C=C(C)[C@H]1CC[C@@]2(C)[C@H](C1)C(=C)CC[C@@H]2O. The van der Waals surface area contributed by atoms with Gasteiger partial charge in [-0.25, -0.2) is 0 Å². The maximum Gasteiger partial charge on any atom is 0.0602 e. The van der Waals surface area contributed by atoms with Crippen molar-refractivity contribution in [2.24, 2.45) is 17.3 Å². The predicted octanol–water partition coefficient (Wildman–Crippen LogP) is 3.70. The first kappa shape index (κ1) is 11.9. The van der Waals surface area contributed by atoms with E-state index in [1.807, 2.05) is 0 Å². The van der Waals surface area contributed by atoms with Crippen molar-refractivity contribution in [3.63, 3.8) is 0 Å². The van der Waals surface area contributed by atoms with E-state index in [-0.39, 0.29) is 11.5 Å². The van der Waals surface area contributed by atoms with Gasteiger partial charge in [-0.1, -0.05) is 31.2 Å². The molecule has 0 heterocycles. The lowest BCUT2D eigenvalue weighted by Gasteiger charge is -2.51. The van der Waals surface area contributed by atoms with Gasteiger partial charge in [0.1, 0.15) is 0 Å². The molecule has 0 aromatic heterocycles. The summed E-state index contributed by atoms with van der Waals surface area (Å²) in [6.07, 6.45) is 5.24.